The van der Waals surface area contributed by atoms with Crippen LogP contribution in [0.15, 0.2) is 79.0 Å². The molecular formula is C31H26N4O4. The lowest BCUT2D eigenvalue weighted by molar-refractivity contribution is 0.0602. The van der Waals surface area contributed by atoms with Gasteiger partial charge in [0.05, 0.1) is 56.2 Å². The monoisotopic (exact) mass is 518 g/mol. The van der Waals surface area contributed by atoms with Crippen LogP contribution in [0.4, 0.5) is 5.69 Å². The molecule has 8 heteroatoms. The first-order chi connectivity index (χ1) is 19.1. The van der Waals surface area contributed by atoms with Crippen molar-refractivity contribution in [2.24, 2.45) is 0 Å². The largest absolute Gasteiger partial charge is 0.497 e. The van der Waals surface area contributed by atoms with Gasteiger partial charge in [-0.15, -0.1) is 0 Å². The number of carbonyl (C=O) groups excluding carboxylic acids is 1. The maximum absolute atomic E-state index is 12.5. The molecule has 0 fully saturated rings. The number of fused-ring (bicyclic) bond motifs is 1. The van der Waals surface area contributed by atoms with Gasteiger partial charge in [0, 0.05) is 12.3 Å². The first-order valence-corrected chi connectivity index (χ1v) is 12.4. The van der Waals surface area contributed by atoms with Crippen LogP contribution in [0.3, 0.4) is 0 Å². The molecule has 0 aliphatic rings. The van der Waals surface area contributed by atoms with Crippen molar-refractivity contribution >= 4 is 22.7 Å². The van der Waals surface area contributed by atoms with Crippen molar-refractivity contribution in [1.29, 1.82) is 0 Å². The van der Waals surface area contributed by atoms with E-state index in [0.717, 1.165) is 27.9 Å². The van der Waals surface area contributed by atoms with Crippen molar-refractivity contribution < 1.29 is 19.0 Å². The predicted octanol–water partition coefficient (Wildman–Crippen LogP) is 6.56. The number of para-hydroxylation sites is 1. The van der Waals surface area contributed by atoms with Crippen LogP contribution in [0.1, 0.15) is 22.8 Å². The van der Waals surface area contributed by atoms with Crippen LogP contribution in [-0.2, 0) is 11.3 Å². The van der Waals surface area contributed by atoms with E-state index in [1.54, 1.807) is 31.5 Å². The summed E-state index contributed by atoms with van der Waals surface area (Å²) in [4.78, 5) is 25.3. The number of hydrogen-bond acceptors (Lipinski definition) is 6. The highest BCUT2D eigenvalue weighted by Crippen LogP contribution is 2.35. The lowest BCUT2D eigenvalue weighted by Crippen LogP contribution is -2.09. The van der Waals surface area contributed by atoms with E-state index in [0.29, 0.717) is 47.2 Å². The average molecular weight is 519 g/mol. The quantitative estimate of drug-likeness (QED) is 0.171. The third-order valence-corrected chi connectivity index (χ3v) is 6.40. The van der Waals surface area contributed by atoms with E-state index in [9.17, 15) is 4.79 Å². The summed E-state index contributed by atoms with van der Waals surface area (Å²) in [5, 5.41) is 0. The molecule has 5 aromatic rings. The fourth-order valence-electron chi connectivity index (χ4n) is 4.52. The van der Waals surface area contributed by atoms with Crippen LogP contribution in [-0.4, -0.2) is 41.3 Å². The lowest BCUT2D eigenvalue weighted by Gasteiger charge is -2.12. The molecule has 0 radical (unpaired) electrons. The SMILES string of the molecule is [C-]#[N+]c1ccc(-c2cc(OC)ccn2)cc1-c1ccc(Cn2c(OCC)nc3cccc(C(=O)OC)c32)cc1. The molecule has 39 heavy (non-hydrogen) atoms. The van der Waals surface area contributed by atoms with Crippen LogP contribution in [0, 0.1) is 6.57 Å². The Kier molecular flexibility index (Phi) is 7.23. The van der Waals surface area contributed by atoms with Crippen molar-refractivity contribution in [1.82, 2.24) is 14.5 Å². The molecule has 0 N–H and O–H groups in total. The maximum Gasteiger partial charge on any atom is 0.340 e. The van der Waals surface area contributed by atoms with Gasteiger partial charge in [0.25, 0.3) is 6.01 Å². The molecule has 0 atom stereocenters. The van der Waals surface area contributed by atoms with Crippen LogP contribution < -0.4 is 9.47 Å². The summed E-state index contributed by atoms with van der Waals surface area (Å²) in [5.74, 6) is 0.284. The first-order valence-electron chi connectivity index (χ1n) is 12.4. The zero-order chi connectivity index (χ0) is 27.4. The summed E-state index contributed by atoms with van der Waals surface area (Å²) >= 11 is 0. The normalized spacial score (nSPS) is 10.7. The Bertz CT molecular complexity index is 1700. The summed E-state index contributed by atoms with van der Waals surface area (Å²) in [6.45, 7) is 10.4. The molecule has 0 amide bonds. The van der Waals surface area contributed by atoms with Gasteiger partial charge in [0.2, 0.25) is 0 Å². The fraction of sp³-hybridized carbons (Fsp3) is 0.161. The molecule has 0 saturated carbocycles. The van der Waals surface area contributed by atoms with Crippen LogP contribution in [0.5, 0.6) is 11.8 Å². The number of ether oxygens (including phenoxy) is 3. The highest BCUT2D eigenvalue weighted by Gasteiger charge is 2.20. The zero-order valence-corrected chi connectivity index (χ0v) is 21.8. The fourth-order valence-corrected chi connectivity index (χ4v) is 4.52. The number of carbonyl (C=O) groups is 1. The van der Waals surface area contributed by atoms with Gasteiger partial charge in [0.15, 0.2) is 5.69 Å². The van der Waals surface area contributed by atoms with E-state index in [-0.39, 0.29) is 0 Å². The molecule has 3 aromatic carbocycles. The van der Waals surface area contributed by atoms with Gasteiger partial charge in [-0.1, -0.05) is 48.5 Å². The van der Waals surface area contributed by atoms with Crippen LogP contribution in [0.25, 0.3) is 38.3 Å². The Labute approximate surface area is 226 Å². The number of nitrogens with zero attached hydrogens (tertiary/aromatic N) is 4. The van der Waals surface area contributed by atoms with E-state index >= 15 is 0 Å². The minimum absolute atomic E-state index is 0.426. The highest BCUT2D eigenvalue weighted by atomic mass is 16.5. The third-order valence-electron chi connectivity index (χ3n) is 6.40. The molecule has 0 bridgehead atoms. The minimum atomic E-state index is -0.433. The topological polar surface area (TPSA) is 79.8 Å². The number of rotatable bonds is 8. The van der Waals surface area contributed by atoms with Gasteiger partial charge in [-0.2, -0.15) is 4.98 Å². The second kappa shape index (κ2) is 11.1. The average Bonchev–Trinajstić information content (AvgIpc) is 3.33. The van der Waals surface area contributed by atoms with E-state index < -0.39 is 5.97 Å². The van der Waals surface area contributed by atoms with E-state index in [1.165, 1.54) is 7.11 Å². The molecule has 5 rings (SSSR count). The molecule has 0 spiro atoms. The Balaban J connectivity index is 1.52. The summed E-state index contributed by atoms with van der Waals surface area (Å²) in [6.07, 6.45) is 1.70. The minimum Gasteiger partial charge on any atom is -0.497 e. The number of hydrogen-bond donors (Lipinski definition) is 0. The Morgan fingerprint density at radius 1 is 1.00 bits per heavy atom. The molecular weight excluding hydrogens is 492 g/mol. The van der Waals surface area contributed by atoms with Gasteiger partial charge >= 0.3 is 5.97 Å². The smallest absolute Gasteiger partial charge is 0.340 e. The number of methoxy groups -OCH3 is 2. The van der Waals surface area contributed by atoms with Gasteiger partial charge in [-0.25, -0.2) is 9.64 Å². The number of pyridine rings is 1. The van der Waals surface area contributed by atoms with Gasteiger partial charge in [0.1, 0.15) is 5.75 Å². The standard InChI is InChI=1S/C31H26N4O4/c1-5-39-31-34-27-8-6-7-24(30(36)38-4)29(27)35(31)19-20-9-11-21(12-10-20)25-17-22(13-14-26(25)32-2)28-18-23(37-3)15-16-33-28/h6-18H,5,19H2,1,3-4H3. The number of imidazole rings is 1. The van der Waals surface area contributed by atoms with E-state index in [4.69, 9.17) is 20.8 Å². The van der Waals surface area contributed by atoms with Crippen molar-refractivity contribution in [3.63, 3.8) is 0 Å². The van der Waals surface area contributed by atoms with Gasteiger partial charge in [-0.05, 0) is 47.4 Å². The number of aromatic nitrogens is 3. The van der Waals surface area contributed by atoms with Crippen molar-refractivity contribution in [2.45, 2.75) is 13.5 Å². The lowest BCUT2D eigenvalue weighted by atomic mass is 9.98. The number of benzene rings is 3. The number of esters is 1. The summed E-state index contributed by atoms with van der Waals surface area (Å²) in [5.41, 5.74) is 6.65. The van der Waals surface area contributed by atoms with Crippen molar-refractivity contribution in [3.05, 3.63) is 102 Å². The van der Waals surface area contributed by atoms with E-state index in [1.807, 2.05) is 66.1 Å². The Morgan fingerprint density at radius 3 is 2.51 bits per heavy atom. The predicted molar refractivity (Wildman–Crippen MR) is 149 cm³/mol. The van der Waals surface area contributed by atoms with Crippen LogP contribution >= 0.6 is 0 Å². The summed E-state index contributed by atoms with van der Waals surface area (Å²) in [6, 6.07) is 23.1. The van der Waals surface area contributed by atoms with Crippen molar-refractivity contribution in [3.8, 4) is 34.1 Å². The van der Waals surface area contributed by atoms with Crippen LogP contribution in [0.2, 0.25) is 0 Å². The maximum atomic E-state index is 12.5. The molecule has 194 valence electrons. The molecule has 0 unspecified atom stereocenters. The molecule has 8 nitrogen and oxygen atoms in total. The van der Waals surface area contributed by atoms with E-state index in [2.05, 4.69) is 14.8 Å². The first kappa shape index (κ1) is 25.5. The van der Waals surface area contributed by atoms with Gasteiger partial charge < -0.3 is 14.2 Å². The highest BCUT2D eigenvalue weighted by molar-refractivity contribution is 6.02. The Morgan fingerprint density at radius 2 is 1.79 bits per heavy atom. The Hall–Kier alpha value is -5.16. The molecule has 0 aliphatic carbocycles. The zero-order valence-electron chi connectivity index (χ0n) is 21.8. The molecule has 0 saturated heterocycles. The molecule has 0 aliphatic heterocycles. The third kappa shape index (κ3) is 5.03. The molecule has 2 aromatic heterocycles. The molecule has 2 heterocycles. The summed E-state index contributed by atoms with van der Waals surface area (Å²) < 4.78 is 18.0. The summed E-state index contributed by atoms with van der Waals surface area (Å²) in [7, 11) is 2.98. The second-order valence-corrected chi connectivity index (χ2v) is 8.70. The van der Waals surface area contributed by atoms with Crippen molar-refractivity contribution in [2.75, 3.05) is 20.8 Å². The second-order valence-electron chi connectivity index (χ2n) is 8.70. The van der Waals surface area contributed by atoms with Gasteiger partial charge in [-0.3, -0.25) is 9.55 Å².